The van der Waals surface area contributed by atoms with Crippen molar-refractivity contribution in [2.75, 3.05) is 10.7 Å². The molecular weight excluding hydrogens is 260 g/mol. The van der Waals surface area contributed by atoms with Gasteiger partial charge in [0.15, 0.2) is 5.13 Å². The molecule has 0 aliphatic heterocycles. The van der Waals surface area contributed by atoms with E-state index in [-0.39, 0.29) is 5.91 Å². The van der Waals surface area contributed by atoms with Crippen molar-refractivity contribution in [2.45, 2.75) is 18.8 Å². The third-order valence-electron chi connectivity index (χ3n) is 3.07. The zero-order valence-corrected chi connectivity index (χ0v) is 11.0. The molecule has 1 aromatic carbocycles. The molecule has 0 bridgehead atoms. The highest BCUT2D eigenvalue weighted by Crippen LogP contribution is 2.40. The zero-order chi connectivity index (χ0) is 13.2. The number of carbonyl (C=O) groups is 1. The molecular formula is C13H14N4OS. The molecule has 3 rings (SSSR count). The second-order valence-corrected chi connectivity index (χ2v) is 5.35. The van der Waals surface area contributed by atoms with Crippen LogP contribution in [0.4, 0.5) is 10.8 Å². The molecule has 19 heavy (non-hydrogen) atoms. The van der Waals surface area contributed by atoms with Gasteiger partial charge in [-0.05, 0) is 25.0 Å². The number of para-hydroxylation sites is 1. The van der Waals surface area contributed by atoms with E-state index in [1.54, 1.807) is 18.2 Å². The Morgan fingerprint density at radius 3 is 2.89 bits per heavy atom. The Hall–Kier alpha value is -1.92. The second-order valence-electron chi connectivity index (χ2n) is 4.50. The van der Waals surface area contributed by atoms with E-state index in [9.17, 15) is 4.79 Å². The summed E-state index contributed by atoms with van der Waals surface area (Å²) < 4.78 is 0. The fourth-order valence-electron chi connectivity index (χ4n) is 1.88. The molecule has 0 spiro atoms. The van der Waals surface area contributed by atoms with E-state index < -0.39 is 0 Å². The number of hydrazine groups is 1. The van der Waals surface area contributed by atoms with Crippen molar-refractivity contribution in [3.63, 3.8) is 0 Å². The summed E-state index contributed by atoms with van der Waals surface area (Å²) in [6.45, 7) is 0. The maximum atomic E-state index is 12.1. The van der Waals surface area contributed by atoms with Gasteiger partial charge in [0.25, 0.3) is 5.91 Å². The zero-order valence-electron chi connectivity index (χ0n) is 10.2. The van der Waals surface area contributed by atoms with Gasteiger partial charge in [-0.25, -0.2) is 4.98 Å². The molecule has 1 heterocycles. The first-order chi connectivity index (χ1) is 9.28. The monoisotopic (exact) mass is 274 g/mol. The van der Waals surface area contributed by atoms with Crippen LogP contribution in [0.2, 0.25) is 0 Å². The van der Waals surface area contributed by atoms with Crippen LogP contribution in [0.5, 0.6) is 0 Å². The summed E-state index contributed by atoms with van der Waals surface area (Å²) in [6, 6.07) is 7.10. The summed E-state index contributed by atoms with van der Waals surface area (Å²) in [5.41, 5.74) is 4.71. The summed E-state index contributed by atoms with van der Waals surface area (Å²) >= 11 is 1.46. The Kier molecular flexibility index (Phi) is 3.18. The number of thiazole rings is 1. The highest BCUT2D eigenvalue weighted by Gasteiger charge is 2.26. The van der Waals surface area contributed by atoms with E-state index in [1.165, 1.54) is 24.2 Å². The van der Waals surface area contributed by atoms with E-state index in [1.807, 2.05) is 11.4 Å². The van der Waals surface area contributed by atoms with Crippen molar-refractivity contribution < 1.29 is 4.79 Å². The number of amides is 1. The van der Waals surface area contributed by atoms with Gasteiger partial charge >= 0.3 is 0 Å². The van der Waals surface area contributed by atoms with Crippen LogP contribution in [0.3, 0.4) is 0 Å². The van der Waals surface area contributed by atoms with Crippen molar-refractivity contribution in [1.82, 2.24) is 4.98 Å². The van der Waals surface area contributed by atoms with Crippen LogP contribution in [-0.4, -0.2) is 10.9 Å². The standard InChI is InChI=1S/C13H14N4OS/c14-17-10-4-2-1-3-9(10)12(18)16-13-15-11(7-19-13)8-5-6-8/h1-4,7-8,17H,5-6,14H2,(H,15,16,18). The summed E-state index contributed by atoms with van der Waals surface area (Å²) in [4.78, 5) is 16.6. The number of nitrogens with one attached hydrogen (secondary N) is 2. The Labute approximate surface area is 114 Å². The highest BCUT2D eigenvalue weighted by molar-refractivity contribution is 7.14. The van der Waals surface area contributed by atoms with Crippen molar-refractivity contribution in [3.8, 4) is 0 Å². The molecule has 2 aromatic rings. The largest absolute Gasteiger partial charge is 0.323 e. The lowest BCUT2D eigenvalue weighted by Crippen LogP contribution is -2.17. The van der Waals surface area contributed by atoms with Gasteiger partial charge < -0.3 is 5.43 Å². The number of nitrogen functional groups attached to an aromatic ring is 1. The number of hydrogen-bond acceptors (Lipinski definition) is 5. The number of anilines is 2. The molecule has 1 aliphatic rings. The first-order valence-electron chi connectivity index (χ1n) is 6.10. The summed E-state index contributed by atoms with van der Waals surface area (Å²) in [6.07, 6.45) is 2.41. The quantitative estimate of drug-likeness (QED) is 0.591. The van der Waals surface area contributed by atoms with Crippen LogP contribution in [0, 0.1) is 0 Å². The third kappa shape index (κ3) is 2.59. The molecule has 5 nitrogen and oxygen atoms in total. The van der Waals surface area contributed by atoms with Gasteiger partial charge in [-0.15, -0.1) is 11.3 Å². The number of hydrogen-bond donors (Lipinski definition) is 3. The predicted octanol–water partition coefficient (Wildman–Crippen LogP) is 2.56. The van der Waals surface area contributed by atoms with Crippen molar-refractivity contribution in [2.24, 2.45) is 5.84 Å². The summed E-state index contributed by atoms with van der Waals surface area (Å²) in [5, 5.41) is 5.46. The topological polar surface area (TPSA) is 80.0 Å². The number of nitrogens with zero attached hydrogens (tertiary/aromatic N) is 1. The lowest BCUT2D eigenvalue weighted by molar-refractivity contribution is 0.102. The van der Waals surface area contributed by atoms with Crippen LogP contribution in [0.25, 0.3) is 0 Å². The lowest BCUT2D eigenvalue weighted by Gasteiger charge is -2.07. The van der Waals surface area contributed by atoms with Gasteiger partial charge in [-0.1, -0.05) is 12.1 Å². The van der Waals surface area contributed by atoms with Gasteiger partial charge in [0, 0.05) is 11.3 Å². The molecule has 0 saturated heterocycles. The first-order valence-corrected chi connectivity index (χ1v) is 6.98. The van der Waals surface area contributed by atoms with Crippen LogP contribution in [0.1, 0.15) is 34.8 Å². The first kappa shape index (κ1) is 12.1. The fourth-order valence-corrected chi connectivity index (χ4v) is 2.67. The molecule has 98 valence electrons. The molecule has 4 N–H and O–H groups in total. The Morgan fingerprint density at radius 2 is 2.16 bits per heavy atom. The predicted molar refractivity (Wildman–Crippen MR) is 76.3 cm³/mol. The Bertz CT molecular complexity index is 606. The number of rotatable bonds is 4. The van der Waals surface area contributed by atoms with Crippen LogP contribution in [0.15, 0.2) is 29.6 Å². The average molecular weight is 274 g/mol. The summed E-state index contributed by atoms with van der Waals surface area (Å²) in [7, 11) is 0. The molecule has 0 atom stereocenters. The summed E-state index contributed by atoms with van der Waals surface area (Å²) in [5.74, 6) is 5.78. The van der Waals surface area contributed by atoms with E-state index in [4.69, 9.17) is 5.84 Å². The van der Waals surface area contributed by atoms with Crippen molar-refractivity contribution in [3.05, 3.63) is 40.9 Å². The maximum Gasteiger partial charge on any atom is 0.259 e. The molecule has 0 radical (unpaired) electrons. The number of benzene rings is 1. The molecule has 1 aliphatic carbocycles. The van der Waals surface area contributed by atoms with Gasteiger partial charge in [-0.2, -0.15) is 0 Å². The smallest absolute Gasteiger partial charge is 0.259 e. The van der Waals surface area contributed by atoms with Crippen LogP contribution >= 0.6 is 11.3 Å². The minimum atomic E-state index is -0.203. The van der Waals surface area contributed by atoms with E-state index in [0.717, 1.165) is 5.69 Å². The minimum absolute atomic E-state index is 0.203. The minimum Gasteiger partial charge on any atom is -0.323 e. The maximum absolute atomic E-state index is 12.1. The molecule has 6 heteroatoms. The highest BCUT2D eigenvalue weighted by atomic mass is 32.1. The average Bonchev–Trinajstić information content (AvgIpc) is 3.19. The molecule has 1 fully saturated rings. The van der Waals surface area contributed by atoms with Gasteiger partial charge in [0.05, 0.1) is 16.9 Å². The number of carbonyl (C=O) groups excluding carboxylic acids is 1. The van der Waals surface area contributed by atoms with Crippen LogP contribution in [-0.2, 0) is 0 Å². The number of nitrogens with two attached hydrogens (primary N) is 1. The molecule has 1 aromatic heterocycles. The van der Waals surface area contributed by atoms with E-state index in [2.05, 4.69) is 15.7 Å². The Morgan fingerprint density at radius 1 is 1.37 bits per heavy atom. The molecule has 1 amide bonds. The third-order valence-corrected chi connectivity index (χ3v) is 3.84. The van der Waals surface area contributed by atoms with Crippen molar-refractivity contribution in [1.29, 1.82) is 0 Å². The van der Waals surface area contributed by atoms with Gasteiger partial charge in [0.1, 0.15) is 0 Å². The van der Waals surface area contributed by atoms with Crippen LogP contribution < -0.4 is 16.6 Å². The number of aromatic nitrogens is 1. The van der Waals surface area contributed by atoms with E-state index >= 15 is 0 Å². The Balaban J connectivity index is 1.76. The van der Waals surface area contributed by atoms with Gasteiger partial charge in [0.2, 0.25) is 0 Å². The normalized spacial score (nSPS) is 14.2. The van der Waals surface area contributed by atoms with Gasteiger partial charge in [-0.3, -0.25) is 16.0 Å². The second kappa shape index (κ2) is 4.99. The van der Waals surface area contributed by atoms with E-state index in [0.29, 0.717) is 22.3 Å². The molecule has 1 saturated carbocycles. The SMILES string of the molecule is NNc1ccccc1C(=O)Nc1nc(C2CC2)cs1. The lowest BCUT2D eigenvalue weighted by atomic mass is 10.1. The fraction of sp³-hybridized carbons (Fsp3) is 0.231. The molecule has 0 unspecified atom stereocenters. The van der Waals surface area contributed by atoms with Crippen molar-refractivity contribution >= 4 is 28.1 Å².